The van der Waals surface area contributed by atoms with Crippen LogP contribution in [0.25, 0.3) is 6.08 Å². The number of benzene rings is 1. The molecule has 0 heterocycles. The lowest BCUT2D eigenvalue weighted by Crippen LogP contribution is -2.02. The Labute approximate surface area is 113 Å². The molecule has 0 unspecified atom stereocenters. The van der Waals surface area contributed by atoms with Crippen LogP contribution in [0.4, 0.5) is 0 Å². The van der Waals surface area contributed by atoms with E-state index in [2.05, 4.69) is 4.74 Å². The molecule has 1 aromatic carbocycles. The Morgan fingerprint density at radius 2 is 1.94 bits per heavy atom. The minimum absolute atomic E-state index is 0.177. The second-order valence-electron chi connectivity index (χ2n) is 2.92. The van der Waals surface area contributed by atoms with Crippen LogP contribution in [0.1, 0.15) is 5.56 Å². The summed E-state index contributed by atoms with van der Waals surface area (Å²) in [6.45, 7) is 0. The van der Waals surface area contributed by atoms with E-state index in [0.717, 1.165) is 0 Å². The molecular formula is C11H6Cl3NO2. The minimum Gasteiger partial charge on any atom is -0.465 e. The fourth-order valence-corrected chi connectivity index (χ4v) is 1.71. The van der Waals surface area contributed by atoms with Crippen LogP contribution in [0, 0.1) is 11.3 Å². The second kappa shape index (κ2) is 5.92. The fourth-order valence-electron chi connectivity index (χ4n) is 1.07. The first kappa shape index (κ1) is 13.9. The van der Waals surface area contributed by atoms with Gasteiger partial charge in [0.2, 0.25) is 0 Å². The van der Waals surface area contributed by atoms with E-state index in [9.17, 15) is 4.79 Å². The highest BCUT2D eigenvalue weighted by Crippen LogP contribution is 2.33. The number of methoxy groups -OCH3 is 1. The maximum atomic E-state index is 11.2. The number of nitriles is 1. The number of halogens is 3. The van der Waals surface area contributed by atoms with Crippen molar-refractivity contribution in [2.24, 2.45) is 0 Å². The Morgan fingerprint density at radius 1 is 1.35 bits per heavy atom. The summed E-state index contributed by atoms with van der Waals surface area (Å²) in [5.41, 5.74) is 0.0985. The molecule has 0 fully saturated rings. The van der Waals surface area contributed by atoms with Gasteiger partial charge in [0.25, 0.3) is 0 Å². The molecule has 1 aromatic rings. The number of ether oxygens (including phenoxy) is 1. The monoisotopic (exact) mass is 289 g/mol. The van der Waals surface area contributed by atoms with Crippen LogP contribution in [-0.2, 0) is 9.53 Å². The van der Waals surface area contributed by atoms with Crippen LogP contribution in [-0.4, -0.2) is 13.1 Å². The van der Waals surface area contributed by atoms with Crippen molar-refractivity contribution < 1.29 is 9.53 Å². The lowest BCUT2D eigenvalue weighted by Gasteiger charge is -2.04. The van der Waals surface area contributed by atoms with Crippen LogP contribution < -0.4 is 0 Å². The predicted octanol–water partition coefficient (Wildman–Crippen LogP) is 3.73. The second-order valence-corrected chi connectivity index (χ2v) is 4.11. The maximum Gasteiger partial charge on any atom is 0.348 e. The molecule has 0 bridgehead atoms. The fraction of sp³-hybridized carbons (Fsp3) is 0.0909. The van der Waals surface area contributed by atoms with E-state index in [1.54, 1.807) is 6.07 Å². The van der Waals surface area contributed by atoms with Gasteiger partial charge in [0.05, 0.1) is 17.2 Å². The Bertz CT molecular complexity index is 532. The van der Waals surface area contributed by atoms with Gasteiger partial charge in [-0.25, -0.2) is 4.79 Å². The molecule has 0 spiro atoms. The quantitative estimate of drug-likeness (QED) is 0.361. The van der Waals surface area contributed by atoms with Crippen LogP contribution in [0.15, 0.2) is 17.7 Å². The maximum absolute atomic E-state index is 11.2. The van der Waals surface area contributed by atoms with E-state index >= 15 is 0 Å². The van der Waals surface area contributed by atoms with E-state index in [0.29, 0.717) is 5.56 Å². The summed E-state index contributed by atoms with van der Waals surface area (Å²) in [4.78, 5) is 11.2. The summed E-state index contributed by atoms with van der Waals surface area (Å²) in [6, 6.07) is 4.74. The zero-order valence-corrected chi connectivity index (χ0v) is 10.9. The average Bonchev–Trinajstić information content (AvgIpc) is 2.33. The predicted molar refractivity (Wildman–Crippen MR) is 67.1 cm³/mol. The molecule has 0 aliphatic heterocycles. The molecule has 0 aliphatic carbocycles. The van der Waals surface area contributed by atoms with Gasteiger partial charge in [-0.2, -0.15) is 5.26 Å². The van der Waals surface area contributed by atoms with Crippen LogP contribution >= 0.6 is 34.8 Å². The van der Waals surface area contributed by atoms with Gasteiger partial charge >= 0.3 is 5.97 Å². The number of esters is 1. The molecule has 6 heteroatoms. The first-order valence-corrected chi connectivity index (χ1v) is 5.48. The van der Waals surface area contributed by atoms with E-state index < -0.39 is 5.97 Å². The van der Waals surface area contributed by atoms with Gasteiger partial charge in [-0.05, 0) is 18.2 Å². The van der Waals surface area contributed by atoms with E-state index in [1.807, 2.05) is 0 Å². The Hall–Kier alpha value is -1.21. The van der Waals surface area contributed by atoms with E-state index in [-0.39, 0.29) is 20.6 Å². The van der Waals surface area contributed by atoms with E-state index in [1.165, 1.54) is 25.3 Å². The summed E-state index contributed by atoms with van der Waals surface area (Å²) < 4.78 is 4.44. The molecule has 88 valence electrons. The van der Waals surface area contributed by atoms with Gasteiger partial charge in [0.15, 0.2) is 0 Å². The third kappa shape index (κ3) is 3.13. The summed E-state index contributed by atoms with van der Waals surface area (Å²) in [6.07, 6.45) is 1.24. The molecule has 0 N–H and O–H groups in total. The van der Waals surface area contributed by atoms with Crippen molar-refractivity contribution in [3.63, 3.8) is 0 Å². The molecule has 0 saturated carbocycles. The lowest BCUT2D eigenvalue weighted by atomic mass is 10.1. The lowest BCUT2D eigenvalue weighted by molar-refractivity contribution is -0.135. The molecule has 0 aromatic heterocycles. The molecular weight excluding hydrogens is 284 g/mol. The molecule has 0 saturated heterocycles. The number of hydrogen-bond donors (Lipinski definition) is 0. The molecule has 1 rings (SSSR count). The van der Waals surface area contributed by atoms with Gasteiger partial charge < -0.3 is 4.74 Å². The molecule has 0 radical (unpaired) electrons. The zero-order valence-electron chi connectivity index (χ0n) is 8.63. The summed E-state index contributed by atoms with van der Waals surface area (Å²) in [5, 5.41) is 9.55. The molecule has 3 nitrogen and oxygen atoms in total. The topological polar surface area (TPSA) is 50.1 Å². The highest BCUT2D eigenvalue weighted by Gasteiger charge is 2.13. The largest absolute Gasteiger partial charge is 0.465 e. The van der Waals surface area contributed by atoms with Crippen molar-refractivity contribution >= 4 is 46.8 Å². The third-order valence-corrected chi connectivity index (χ3v) is 3.04. The highest BCUT2D eigenvalue weighted by atomic mass is 35.5. The van der Waals surface area contributed by atoms with E-state index in [4.69, 9.17) is 40.1 Å². The smallest absolute Gasteiger partial charge is 0.348 e. The normalized spacial score (nSPS) is 10.9. The average molecular weight is 291 g/mol. The Morgan fingerprint density at radius 3 is 2.47 bits per heavy atom. The van der Waals surface area contributed by atoms with Crippen molar-refractivity contribution in [1.29, 1.82) is 5.26 Å². The number of hydrogen-bond acceptors (Lipinski definition) is 3. The summed E-state index contributed by atoms with van der Waals surface area (Å²) in [5.74, 6) is -0.764. The third-order valence-electron chi connectivity index (χ3n) is 1.89. The Kier molecular flexibility index (Phi) is 4.83. The van der Waals surface area contributed by atoms with Crippen LogP contribution in [0.2, 0.25) is 15.1 Å². The van der Waals surface area contributed by atoms with Gasteiger partial charge in [0, 0.05) is 10.6 Å². The van der Waals surface area contributed by atoms with Crippen molar-refractivity contribution in [1.82, 2.24) is 0 Å². The summed E-state index contributed by atoms with van der Waals surface area (Å²) >= 11 is 17.6. The number of carbonyl (C=O) groups excluding carboxylic acids is 1. The van der Waals surface area contributed by atoms with Crippen molar-refractivity contribution in [3.05, 3.63) is 38.3 Å². The van der Waals surface area contributed by atoms with Crippen LogP contribution in [0.5, 0.6) is 0 Å². The SMILES string of the molecule is COC(=O)/C(C#N)=C/c1c(Cl)ccc(Cl)c1Cl. The molecule has 17 heavy (non-hydrogen) atoms. The molecule has 0 amide bonds. The Balaban J connectivity index is 3.36. The summed E-state index contributed by atoms with van der Waals surface area (Å²) in [7, 11) is 1.18. The van der Waals surface area contributed by atoms with Crippen molar-refractivity contribution in [2.45, 2.75) is 0 Å². The zero-order chi connectivity index (χ0) is 13.0. The van der Waals surface area contributed by atoms with Gasteiger partial charge in [-0.1, -0.05) is 34.8 Å². The number of carbonyl (C=O) groups is 1. The van der Waals surface area contributed by atoms with Crippen LogP contribution in [0.3, 0.4) is 0 Å². The first-order valence-electron chi connectivity index (χ1n) is 4.35. The molecule has 0 aliphatic rings. The minimum atomic E-state index is -0.764. The molecule has 0 atom stereocenters. The highest BCUT2D eigenvalue weighted by molar-refractivity contribution is 6.44. The number of nitrogens with zero attached hydrogens (tertiary/aromatic N) is 1. The van der Waals surface area contributed by atoms with Gasteiger partial charge in [0.1, 0.15) is 11.6 Å². The van der Waals surface area contributed by atoms with Crippen molar-refractivity contribution in [3.8, 4) is 6.07 Å². The van der Waals surface area contributed by atoms with Gasteiger partial charge in [-0.15, -0.1) is 0 Å². The van der Waals surface area contributed by atoms with Gasteiger partial charge in [-0.3, -0.25) is 0 Å². The number of rotatable bonds is 2. The standard InChI is InChI=1S/C11H6Cl3NO2/c1-17-11(16)6(5-15)4-7-8(12)2-3-9(13)10(7)14/h2-4H,1H3/b6-4+. The van der Waals surface area contributed by atoms with Crippen molar-refractivity contribution in [2.75, 3.05) is 7.11 Å². The first-order chi connectivity index (χ1) is 8.01.